The van der Waals surface area contributed by atoms with Gasteiger partial charge in [0, 0.05) is 5.56 Å². The van der Waals surface area contributed by atoms with Crippen LogP contribution in [0.1, 0.15) is 5.56 Å². The first-order valence-corrected chi connectivity index (χ1v) is 3.70. The normalized spacial score (nSPS) is 13.2. The van der Waals surface area contributed by atoms with Crippen molar-refractivity contribution in [3.63, 3.8) is 0 Å². The predicted molar refractivity (Wildman–Crippen MR) is 45.4 cm³/mol. The van der Waals surface area contributed by atoms with Crippen LogP contribution in [0.15, 0.2) is 23.9 Å². The highest BCUT2D eigenvalue weighted by molar-refractivity contribution is 6.00. The third-order valence-electron chi connectivity index (χ3n) is 1.80. The number of hydrogen-bond donors (Lipinski definition) is 1. The molecule has 1 radical (unpaired) electrons. The molecule has 0 bridgehead atoms. The summed E-state index contributed by atoms with van der Waals surface area (Å²) in [4.78, 5) is 10.7. The molecule has 0 atom stereocenters. The Bertz CT molecular complexity index is 412. The Morgan fingerprint density at radius 1 is 1.46 bits per heavy atom. The van der Waals surface area contributed by atoms with Crippen LogP contribution in [0.5, 0.6) is 0 Å². The van der Waals surface area contributed by atoms with E-state index in [-0.39, 0.29) is 5.70 Å². The lowest BCUT2D eigenvalue weighted by Gasteiger charge is -1.97. The number of halogens is 1. The van der Waals surface area contributed by atoms with Crippen molar-refractivity contribution in [2.45, 2.75) is 0 Å². The lowest BCUT2D eigenvalue weighted by molar-refractivity contribution is -0.114. The summed E-state index contributed by atoms with van der Waals surface area (Å²) in [6.07, 6.45) is 1.35. The van der Waals surface area contributed by atoms with Crippen LogP contribution < -0.4 is 11.1 Å². The van der Waals surface area contributed by atoms with Gasteiger partial charge in [-0.15, -0.1) is 0 Å². The van der Waals surface area contributed by atoms with Gasteiger partial charge < -0.3 is 5.73 Å². The maximum absolute atomic E-state index is 13.1. The second-order valence-electron chi connectivity index (χ2n) is 2.68. The lowest BCUT2D eigenvalue weighted by atomic mass is 10.2. The van der Waals surface area contributed by atoms with E-state index >= 15 is 0 Å². The first-order valence-electron chi connectivity index (χ1n) is 3.70. The molecule has 0 aliphatic carbocycles. The van der Waals surface area contributed by atoms with Crippen molar-refractivity contribution in [3.05, 3.63) is 35.3 Å². The molecule has 0 saturated heterocycles. The van der Waals surface area contributed by atoms with E-state index in [0.29, 0.717) is 11.3 Å². The van der Waals surface area contributed by atoms with E-state index < -0.39 is 11.7 Å². The summed E-state index contributed by atoms with van der Waals surface area (Å²) >= 11 is 0. The fourth-order valence-electron chi connectivity index (χ4n) is 1.19. The van der Waals surface area contributed by atoms with Crippen molar-refractivity contribution in [1.29, 1.82) is 0 Å². The van der Waals surface area contributed by atoms with E-state index in [1.54, 1.807) is 6.07 Å². The summed E-state index contributed by atoms with van der Waals surface area (Å²) in [6.45, 7) is 0. The average Bonchev–Trinajstić information content (AvgIpc) is 2.49. The highest BCUT2D eigenvalue weighted by atomic mass is 19.1. The number of rotatable bonds is 1. The number of amides is 1. The van der Waals surface area contributed by atoms with Crippen LogP contribution in [0.4, 0.5) is 10.1 Å². The first-order chi connectivity index (χ1) is 6.18. The molecule has 3 nitrogen and oxygen atoms in total. The van der Waals surface area contributed by atoms with Crippen LogP contribution in [0, 0.1) is 5.82 Å². The maximum Gasteiger partial charge on any atom is 0.267 e. The van der Waals surface area contributed by atoms with Crippen molar-refractivity contribution in [2.24, 2.45) is 5.73 Å². The van der Waals surface area contributed by atoms with E-state index in [9.17, 15) is 9.18 Å². The zero-order valence-corrected chi connectivity index (χ0v) is 6.62. The standard InChI is InChI=1S/C9H6FN2O/c10-6-2-1-3-7-5(6)4-8(12-7)9(11)13/h1-4H,(H2,11,13). The van der Waals surface area contributed by atoms with Gasteiger partial charge in [-0.05, 0) is 18.2 Å². The molecule has 1 aromatic carbocycles. The Labute approximate surface area is 74.0 Å². The van der Waals surface area contributed by atoms with Crippen LogP contribution in [0.25, 0.3) is 6.08 Å². The van der Waals surface area contributed by atoms with E-state index in [4.69, 9.17) is 5.73 Å². The SMILES string of the molecule is NC(=O)C1=Cc2c(F)cccc2[N]1. The van der Waals surface area contributed by atoms with E-state index in [1.165, 1.54) is 18.2 Å². The second kappa shape index (κ2) is 2.58. The van der Waals surface area contributed by atoms with Gasteiger partial charge in [0.25, 0.3) is 5.91 Å². The number of primary amides is 1. The molecule has 4 heteroatoms. The first kappa shape index (κ1) is 7.79. The summed E-state index contributed by atoms with van der Waals surface area (Å²) < 4.78 is 13.1. The Morgan fingerprint density at radius 3 is 2.85 bits per heavy atom. The van der Waals surface area contributed by atoms with Crippen LogP contribution >= 0.6 is 0 Å². The fourth-order valence-corrected chi connectivity index (χ4v) is 1.19. The number of carbonyl (C=O) groups excluding carboxylic acids is 1. The molecule has 0 aromatic heterocycles. The van der Waals surface area contributed by atoms with E-state index in [2.05, 4.69) is 5.32 Å². The van der Waals surface area contributed by atoms with Gasteiger partial charge in [0.2, 0.25) is 0 Å². The maximum atomic E-state index is 13.1. The molecular weight excluding hydrogens is 171 g/mol. The van der Waals surface area contributed by atoms with E-state index in [0.717, 1.165) is 0 Å². The molecule has 13 heavy (non-hydrogen) atoms. The Hall–Kier alpha value is -1.84. The largest absolute Gasteiger partial charge is 0.364 e. The van der Waals surface area contributed by atoms with E-state index in [1.807, 2.05) is 0 Å². The zero-order valence-electron chi connectivity index (χ0n) is 6.62. The van der Waals surface area contributed by atoms with Crippen LogP contribution in [-0.4, -0.2) is 5.91 Å². The van der Waals surface area contributed by atoms with Gasteiger partial charge in [-0.1, -0.05) is 6.07 Å². The summed E-state index contributed by atoms with van der Waals surface area (Å²) in [5, 5.41) is 3.86. The summed E-state index contributed by atoms with van der Waals surface area (Å²) in [6, 6.07) is 4.48. The second-order valence-corrected chi connectivity index (χ2v) is 2.68. The van der Waals surface area contributed by atoms with Crippen molar-refractivity contribution in [3.8, 4) is 0 Å². The highest BCUT2D eigenvalue weighted by Gasteiger charge is 2.19. The summed E-state index contributed by atoms with van der Waals surface area (Å²) in [5.74, 6) is -1.03. The van der Waals surface area contributed by atoms with Crippen molar-refractivity contribution in [1.82, 2.24) is 5.32 Å². The minimum absolute atomic E-state index is 0.0973. The molecule has 2 rings (SSSR count). The molecular formula is C9H6FN2O. The molecule has 65 valence electrons. The smallest absolute Gasteiger partial charge is 0.267 e. The molecule has 0 saturated carbocycles. The van der Waals surface area contributed by atoms with Gasteiger partial charge >= 0.3 is 0 Å². The number of hydrogen-bond acceptors (Lipinski definition) is 1. The molecule has 0 spiro atoms. The third-order valence-corrected chi connectivity index (χ3v) is 1.80. The minimum Gasteiger partial charge on any atom is -0.364 e. The Balaban J connectivity index is 2.49. The molecule has 1 amide bonds. The van der Waals surface area contributed by atoms with Crippen molar-refractivity contribution >= 4 is 17.7 Å². The number of nitrogens with two attached hydrogens (primary N) is 1. The lowest BCUT2D eigenvalue weighted by Crippen LogP contribution is -2.16. The molecule has 1 aliphatic heterocycles. The Morgan fingerprint density at radius 2 is 2.23 bits per heavy atom. The van der Waals surface area contributed by atoms with Gasteiger partial charge in [0.15, 0.2) is 0 Å². The highest BCUT2D eigenvalue weighted by Crippen LogP contribution is 2.28. The van der Waals surface area contributed by atoms with Gasteiger partial charge in [0.05, 0.1) is 5.69 Å². The third kappa shape index (κ3) is 1.16. The van der Waals surface area contributed by atoms with Crippen molar-refractivity contribution in [2.75, 3.05) is 0 Å². The quantitative estimate of drug-likeness (QED) is 0.680. The van der Waals surface area contributed by atoms with Crippen LogP contribution in [0.3, 0.4) is 0 Å². The summed E-state index contributed by atoms with van der Waals surface area (Å²) in [5.41, 5.74) is 5.88. The molecule has 1 heterocycles. The molecule has 1 aliphatic rings. The topological polar surface area (TPSA) is 57.2 Å². The fraction of sp³-hybridized carbons (Fsp3) is 0. The summed E-state index contributed by atoms with van der Waals surface area (Å²) in [7, 11) is 0. The number of carbonyl (C=O) groups is 1. The molecule has 2 N–H and O–H groups in total. The number of fused-ring (bicyclic) bond motifs is 1. The minimum atomic E-state index is -0.643. The van der Waals surface area contributed by atoms with Crippen LogP contribution in [-0.2, 0) is 4.79 Å². The Kier molecular flexibility index (Phi) is 1.55. The van der Waals surface area contributed by atoms with Gasteiger partial charge in [0.1, 0.15) is 11.5 Å². The van der Waals surface area contributed by atoms with Gasteiger partial charge in [-0.25, -0.2) is 9.71 Å². The molecule has 1 aromatic rings. The van der Waals surface area contributed by atoms with Crippen LogP contribution in [0.2, 0.25) is 0 Å². The van der Waals surface area contributed by atoms with Crippen molar-refractivity contribution < 1.29 is 9.18 Å². The van der Waals surface area contributed by atoms with Gasteiger partial charge in [-0.2, -0.15) is 0 Å². The predicted octanol–water partition coefficient (Wildman–Crippen LogP) is 0.901. The monoisotopic (exact) mass is 177 g/mol. The zero-order chi connectivity index (χ0) is 9.42. The van der Waals surface area contributed by atoms with Gasteiger partial charge in [-0.3, -0.25) is 4.79 Å². The molecule has 0 unspecified atom stereocenters. The average molecular weight is 177 g/mol. The number of benzene rings is 1. The number of nitrogens with zero attached hydrogens (tertiary/aromatic N) is 1. The molecule has 0 fully saturated rings.